The van der Waals surface area contributed by atoms with E-state index in [1.807, 2.05) is 6.07 Å². The minimum absolute atomic E-state index is 0.146. The van der Waals surface area contributed by atoms with Crippen LogP contribution in [0.1, 0.15) is 32.3 Å². The van der Waals surface area contributed by atoms with Crippen molar-refractivity contribution in [2.45, 2.75) is 39.3 Å². The third kappa shape index (κ3) is 3.76. The highest BCUT2D eigenvalue weighted by Gasteiger charge is 2.26. The molecule has 0 atom stereocenters. The Labute approximate surface area is 122 Å². The molecule has 0 amide bonds. The summed E-state index contributed by atoms with van der Waals surface area (Å²) in [5.41, 5.74) is 1.14. The van der Waals surface area contributed by atoms with Crippen molar-refractivity contribution in [1.82, 2.24) is 4.90 Å². The zero-order valence-corrected chi connectivity index (χ0v) is 12.9. The molecular weight excluding hydrogens is 308 g/mol. The first-order chi connectivity index (χ1) is 8.99. The Balaban J connectivity index is 2.15. The van der Waals surface area contributed by atoms with E-state index in [4.69, 9.17) is 0 Å². The molecule has 0 aromatic heterocycles. The second-order valence-electron chi connectivity index (χ2n) is 5.47. The van der Waals surface area contributed by atoms with Crippen molar-refractivity contribution in [3.8, 4) is 0 Å². The SMILES string of the molecule is CC(C)N(Cc1cccc([N+](=O)[O-])c1Br)CC1CC1. The molecule has 1 aliphatic rings. The summed E-state index contributed by atoms with van der Waals surface area (Å²) < 4.78 is 0.612. The number of rotatable bonds is 6. The van der Waals surface area contributed by atoms with Gasteiger partial charge in [0.1, 0.15) is 0 Å². The zero-order valence-electron chi connectivity index (χ0n) is 11.3. The minimum atomic E-state index is -0.339. The van der Waals surface area contributed by atoms with Gasteiger partial charge in [-0.3, -0.25) is 15.0 Å². The van der Waals surface area contributed by atoms with E-state index in [2.05, 4.69) is 34.7 Å². The second-order valence-corrected chi connectivity index (χ2v) is 6.27. The molecule has 0 N–H and O–H groups in total. The fourth-order valence-corrected chi connectivity index (χ4v) is 2.67. The average molecular weight is 327 g/mol. The number of hydrogen-bond donors (Lipinski definition) is 0. The maximum Gasteiger partial charge on any atom is 0.283 e. The Kier molecular flexibility index (Phi) is 4.58. The average Bonchev–Trinajstić information content (AvgIpc) is 3.14. The maximum absolute atomic E-state index is 10.9. The number of nitro groups is 1. The van der Waals surface area contributed by atoms with Crippen LogP contribution in [0, 0.1) is 16.0 Å². The molecule has 5 heteroatoms. The van der Waals surface area contributed by atoms with Gasteiger partial charge in [0.15, 0.2) is 0 Å². The first kappa shape index (κ1) is 14.5. The molecule has 0 aliphatic heterocycles. The van der Waals surface area contributed by atoms with E-state index in [-0.39, 0.29) is 10.6 Å². The van der Waals surface area contributed by atoms with Crippen LogP contribution in [0.15, 0.2) is 22.7 Å². The molecule has 1 aromatic rings. The van der Waals surface area contributed by atoms with Crippen LogP contribution in [0.2, 0.25) is 0 Å². The largest absolute Gasteiger partial charge is 0.296 e. The molecule has 0 saturated heterocycles. The summed E-state index contributed by atoms with van der Waals surface area (Å²) in [5, 5.41) is 10.9. The van der Waals surface area contributed by atoms with Gasteiger partial charge in [-0.05, 0) is 54.1 Å². The van der Waals surface area contributed by atoms with Gasteiger partial charge in [-0.2, -0.15) is 0 Å². The van der Waals surface area contributed by atoms with E-state index < -0.39 is 0 Å². The summed E-state index contributed by atoms with van der Waals surface area (Å²) in [7, 11) is 0. The minimum Gasteiger partial charge on any atom is -0.296 e. The molecule has 104 valence electrons. The first-order valence-corrected chi connectivity index (χ1v) is 7.44. The van der Waals surface area contributed by atoms with Crippen molar-refractivity contribution in [1.29, 1.82) is 0 Å². The molecule has 19 heavy (non-hydrogen) atoms. The number of hydrogen-bond acceptors (Lipinski definition) is 3. The number of nitrogens with zero attached hydrogens (tertiary/aromatic N) is 2. The van der Waals surface area contributed by atoms with Gasteiger partial charge in [0.05, 0.1) is 9.40 Å². The molecule has 4 nitrogen and oxygen atoms in total. The molecule has 1 aromatic carbocycles. The summed E-state index contributed by atoms with van der Waals surface area (Å²) in [6.07, 6.45) is 2.64. The fraction of sp³-hybridized carbons (Fsp3) is 0.571. The van der Waals surface area contributed by atoms with Gasteiger partial charge >= 0.3 is 0 Å². The van der Waals surface area contributed by atoms with Gasteiger partial charge in [0, 0.05) is 25.2 Å². The summed E-state index contributed by atoms with van der Waals surface area (Å²) in [5.74, 6) is 0.819. The third-order valence-electron chi connectivity index (χ3n) is 3.55. The zero-order chi connectivity index (χ0) is 14.0. The third-order valence-corrected chi connectivity index (χ3v) is 4.46. The van der Waals surface area contributed by atoms with E-state index in [1.165, 1.54) is 18.9 Å². The fourth-order valence-electron chi connectivity index (χ4n) is 2.14. The Morgan fingerprint density at radius 3 is 2.68 bits per heavy atom. The van der Waals surface area contributed by atoms with Crippen molar-refractivity contribution in [2.24, 2.45) is 5.92 Å². The van der Waals surface area contributed by atoms with E-state index >= 15 is 0 Å². The van der Waals surface area contributed by atoms with Crippen LogP contribution in [0.25, 0.3) is 0 Å². The predicted molar refractivity (Wildman–Crippen MR) is 79.1 cm³/mol. The lowest BCUT2D eigenvalue weighted by molar-refractivity contribution is -0.385. The van der Waals surface area contributed by atoms with Crippen LogP contribution >= 0.6 is 15.9 Å². The summed E-state index contributed by atoms with van der Waals surface area (Å²) in [4.78, 5) is 13.0. The highest BCUT2D eigenvalue weighted by atomic mass is 79.9. The number of halogens is 1. The van der Waals surface area contributed by atoms with Crippen molar-refractivity contribution in [3.05, 3.63) is 38.3 Å². The highest BCUT2D eigenvalue weighted by Crippen LogP contribution is 2.33. The van der Waals surface area contributed by atoms with Gasteiger partial charge in [-0.1, -0.05) is 12.1 Å². The van der Waals surface area contributed by atoms with Gasteiger partial charge in [-0.15, -0.1) is 0 Å². The highest BCUT2D eigenvalue weighted by molar-refractivity contribution is 9.10. The van der Waals surface area contributed by atoms with Crippen molar-refractivity contribution in [2.75, 3.05) is 6.54 Å². The molecule has 0 unspecified atom stereocenters. The van der Waals surface area contributed by atoms with Crippen LogP contribution in [0.4, 0.5) is 5.69 Å². The second kappa shape index (κ2) is 6.01. The van der Waals surface area contributed by atoms with Crippen molar-refractivity contribution in [3.63, 3.8) is 0 Å². The van der Waals surface area contributed by atoms with Crippen molar-refractivity contribution < 1.29 is 4.92 Å². The lowest BCUT2D eigenvalue weighted by Crippen LogP contribution is -2.32. The lowest BCUT2D eigenvalue weighted by Gasteiger charge is -2.26. The quantitative estimate of drug-likeness (QED) is 0.586. The van der Waals surface area contributed by atoms with Gasteiger partial charge in [-0.25, -0.2) is 0 Å². The normalized spacial score (nSPS) is 15.2. The van der Waals surface area contributed by atoms with Gasteiger partial charge in [0.2, 0.25) is 0 Å². The number of nitro benzene ring substituents is 1. The topological polar surface area (TPSA) is 46.4 Å². The Hall–Kier alpha value is -0.940. The van der Waals surface area contributed by atoms with Crippen LogP contribution in [-0.4, -0.2) is 22.4 Å². The smallest absolute Gasteiger partial charge is 0.283 e. The molecule has 0 spiro atoms. The molecule has 0 radical (unpaired) electrons. The summed E-state index contributed by atoms with van der Waals surface area (Å²) >= 11 is 3.37. The van der Waals surface area contributed by atoms with E-state index in [0.717, 1.165) is 24.6 Å². The summed E-state index contributed by atoms with van der Waals surface area (Å²) in [6.45, 7) is 6.20. The van der Waals surface area contributed by atoms with Crippen LogP contribution in [-0.2, 0) is 6.54 Å². The molecule has 0 bridgehead atoms. The molecule has 2 rings (SSSR count). The Morgan fingerprint density at radius 2 is 2.16 bits per heavy atom. The molecule has 1 fully saturated rings. The number of benzene rings is 1. The lowest BCUT2D eigenvalue weighted by atomic mass is 10.1. The maximum atomic E-state index is 10.9. The van der Waals surface area contributed by atoms with Gasteiger partial charge in [0.25, 0.3) is 5.69 Å². The van der Waals surface area contributed by atoms with E-state index in [1.54, 1.807) is 6.07 Å². The molecular formula is C14H19BrN2O2. The van der Waals surface area contributed by atoms with Crippen molar-refractivity contribution >= 4 is 21.6 Å². The molecule has 1 aliphatic carbocycles. The van der Waals surface area contributed by atoms with Crippen LogP contribution in [0.3, 0.4) is 0 Å². The molecule has 1 saturated carbocycles. The van der Waals surface area contributed by atoms with Gasteiger partial charge < -0.3 is 0 Å². The first-order valence-electron chi connectivity index (χ1n) is 6.65. The molecule has 0 heterocycles. The Morgan fingerprint density at radius 1 is 1.47 bits per heavy atom. The van der Waals surface area contributed by atoms with Crippen LogP contribution < -0.4 is 0 Å². The monoisotopic (exact) mass is 326 g/mol. The standard InChI is InChI=1S/C14H19BrN2O2/c1-10(2)16(8-11-6-7-11)9-12-4-3-5-13(14(12)15)17(18)19/h3-5,10-11H,6-9H2,1-2H3. The van der Waals surface area contributed by atoms with E-state index in [9.17, 15) is 10.1 Å². The summed E-state index contributed by atoms with van der Waals surface area (Å²) in [6, 6.07) is 5.70. The van der Waals surface area contributed by atoms with E-state index in [0.29, 0.717) is 10.5 Å². The van der Waals surface area contributed by atoms with Crippen LogP contribution in [0.5, 0.6) is 0 Å². The predicted octanol–water partition coefficient (Wildman–Crippen LogP) is 3.98. The Bertz CT molecular complexity index is 473.